The van der Waals surface area contributed by atoms with Crippen LogP contribution in [-0.4, -0.2) is 29.3 Å². The number of amides is 4. The van der Waals surface area contributed by atoms with Crippen LogP contribution >= 0.6 is 0 Å². The van der Waals surface area contributed by atoms with Crippen LogP contribution in [0.2, 0.25) is 0 Å². The first-order chi connectivity index (χ1) is 16.1. The average molecular weight is 440 g/mol. The molecule has 0 radical (unpaired) electrons. The highest BCUT2D eigenvalue weighted by molar-refractivity contribution is 6.10. The smallest absolute Gasteiger partial charge is 0.324 e. The Bertz CT molecular complexity index is 1220. The summed E-state index contributed by atoms with van der Waals surface area (Å²) >= 11 is 0. The molecular formula is C27H25N3O3. The quantitative estimate of drug-likeness (QED) is 0.590. The lowest BCUT2D eigenvalue weighted by atomic mass is 9.76. The largest absolute Gasteiger partial charge is 0.325 e. The molecule has 1 aliphatic carbocycles. The Balaban J connectivity index is 1.33. The van der Waals surface area contributed by atoms with Crippen molar-refractivity contribution < 1.29 is 14.4 Å². The number of nitrogens with zero attached hydrogens (tertiary/aromatic N) is 1. The van der Waals surface area contributed by atoms with Crippen molar-refractivity contribution in [2.75, 3.05) is 11.9 Å². The van der Waals surface area contributed by atoms with Gasteiger partial charge in [0.15, 0.2) is 0 Å². The van der Waals surface area contributed by atoms with Gasteiger partial charge >= 0.3 is 6.03 Å². The van der Waals surface area contributed by atoms with E-state index in [4.69, 9.17) is 0 Å². The first-order valence-electron chi connectivity index (χ1n) is 11.2. The SMILES string of the molecule is O=C(CN1C(=O)NC2(CCCc3ccccc32)C1=O)Nc1ccccc1Cc1ccccc1. The molecule has 166 valence electrons. The zero-order chi connectivity index (χ0) is 22.8. The number of imide groups is 1. The van der Waals surface area contributed by atoms with Gasteiger partial charge in [-0.05, 0) is 54.0 Å². The molecule has 6 heteroatoms. The van der Waals surface area contributed by atoms with Crippen LogP contribution in [0.3, 0.4) is 0 Å². The maximum Gasteiger partial charge on any atom is 0.325 e. The van der Waals surface area contributed by atoms with Gasteiger partial charge in [-0.15, -0.1) is 0 Å². The molecule has 0 aromatic heterocycles. The predicted molar refractivity (Wildman–Crippen MR) is 126 cm³/mol. The minimum atomic E-state index is -1.07. The summed E-state index contributed by atoms with van der Waals surface area (Å²) in [5.74, 6) is -0.757. The summed E-state index contributed by atoms with van der Waals surface area (Å²) in [7, 11) is 0. The van der Waals surface area contributed by atoms with Gasteiger partial charge < -0.3 is 10.6 Å². The zero-order valence-corrected chi connectivity index (χ0v) is 18.2. The van der Waals surface area contributed by atoms with Crippen molar-refractivity contribution >= 4 is 23.5 Å². The molecule has 33 heavy (non-hydrogen) atoms. The first-order valence-corrected chi connectivity index (χ1v) is 11.2. The second kappa shape index (κ2) is 8.54. The second-order valence-corrected chi connectivity index (χ2v) is 8.61. The van der Waals surface area contributed by atoms with Gasteiger partial charge in [-0.25, -0.2) is 4.79 Å². The molecule has 1 atom stereocenters. The summed E-state index contributed by atoms with van der Waals surface area (Å²) in [5.41, 5.74) is 3.61. The van der Waals surface area contributed by atoms with Gasteiger partial charge in [-0.2, -0.15) is 0 Å². The number of fused-ring (bicyclic) bond motifs is 2. The Labute approximate surface area is 192 Å². The Morgan fingerprint density at radius 2 is 1.67 bits per heavy atom. The van der Waals surface area contributed by atoms with Crippen LogP contribution in [0.1, 0.15) is 35.1 Å². The van der Waals surface area contributed by atoms with E-state index in [1.54, 1.807) is 0 Å². The molecule has 3 aromatic carbocycles. The molecule has 6 nitrogen and oxygen atoms in total. The minimum Gasteiger partial charge on any atom is -0.324 e. The summed E-state index contributed by atoms with van der Waals surface area (Å²) in [6.45, 7) is -0.325. The van der Waals surface area contributed by atoms with E-state index >= 15 is 0 Å². The minimum absolute atomic E-state index is 0.325. The number of anilines is 1. The fourth-order valence-corrected chi connectivity index (χ4v) is 4.90. The summed E-state index contributed by atoms with van der Waals surface area (Å²) in [4.78, 5) is 40.1. The Morgan fingerprint density at radius 3 is 2.52 bits per heavy atom. The van der Waals surface area contributed by atoms with Crippen molar-refractivity contribution in [3.05, 3.63) is 101 Å². The highest BCUT2D eigenvalue weighted by Crippen LogP contribution is 2.39. The molecule has 4 amide bonds. The third-order valence-electron chi connectivity index (χ3n) is 6.48. The third-order valence-corrected chi connectivity index (χ3v) is 6.48. The highest BCUT2D eigenvalue weighted by atomic mass is 16.2. The standard InChI is InChI=1S/C27H25N3O3/c31-24(28-23-15-7-5-12-21(23)17-19-9-2-1-3-10-19)18-30-25(32)27(29-26(30)33)16-8-13-20-11-4-6-14-22(20)27/h1-7,9-12,14-15H,8,13,16-18H2,(H,28,31)(H,29,33). The van der Waals surface area contributed by atoms with Gasteiger partial charge in [-0.1, -0.05) is 72.8 Å². The van der Waals surface area contributed by atoms with Crippen molar-refractivity contribution in [3.63, 3.8) is 0 Å². The van der Waals surface area contributed by atoms with Crippen LogP contribution < -0.4 is 10.6 Å². The number of nitrogens with one attached hydrogen (secondary N) is 2. The van der Waals surface area contributed by atoms with Gasteiger partial charge in [0.25, 0.3) is 5.91 Å². The Morgan fingerprint density at radius 1 is 0.939 bits per heavy atom. The predicted octanol–water partition coefficient (Wildman–Crippen LogP) is 4.00. The molecule has 1 aliphatic heterocycles. The number of urea groups is 1. The second-order valence-electron chi connectivity index (χ2n) is 8.61. The number of rotatable bonds is 5. The topological polar surface area (TPSA) is 78.5 Å². The van der Waals surface area contributed by atoms with Crippen molar-refractivity contribution in [2.45, 2.75) is 31.2 Å². The lowest BCUT2D eigenvalue weighted by Crippen LogP contribution is -2.47. The molecule has 2 N–H and O–H groups in total. The molecule has 1 fully saturated rings. The molecule has 1 spiro atoms. The van der Waals surface area contributed by atoms with Crippen LogP contribution in [-0.2, 0) is 28.0 Å². The molecule has 3 aromatic rings. The Hall–Kier alpha value is -3.93. The fraction of sp³-hybridized carbons (Fsp3) is 0.222. The third kappa shape index (κ3) is 3.89. The van der Waals surface area contributed by atoms with Crippen LogP contribution in [0.25, 0.3) is 0 Å². The van der Waals surface area contributed by atoms with E-state index in [1.807, 2.05) is 78.9 Å². The molecule has 0 bridgehead atoms. The number of carbonyl (C=O) groups is 3. The van der Waals surface area contributed by atoms with Crippen molar-refractivity contribution in [2.24, 2.45) is 0 Å². The number of aryl methyl sites for hydroxylation is 1. The van der Waals surface area contributed by atoms with Crippen LogP contribution in [0.15, 0.2) is 78.9 Å². The van der Waals surface area contributed by atoms with Crippen LogP contribution in [0, 0.1) is 0 Å². The number of para-hydroxylation sites is 1. The molecular weight excluding hydrogens is 414 g/mol. The maximum atomic E-state index is 13.4. The fourth-order valence-electron chi connectivity index (χ4n) is 4.90. The Kier molecular flexibility index (Phi) is 5.42. The molecule has 0 saturated carbocycles. The van der Waals surface area contributed by atoms with Gasteiger partial charge in [0.2, 0.25) is 5.91 Å². The van der Waals surface area contributed by atoms with Gasteiger partial charge in [-0.3, -0.25) is 14.5 Å². The normalized spacial score (nSPS) is 19.3. The number of benzene rings is 3. The monoisotopic (exact) mass is 439 g/mol. The molecule has 5 rings (SSSR count). The van der Waals surface area contributed by atoms with E-state index in [-0.39, 0.29) is 12.5 Å². The van der Waals surface area contributed by atoms with Gasteiger partial charge in [0.1, 0.15) is 12.1 Å². The number of hydrogen-bond acceptors (Lipinski definition) is 3. The van der Waals surface area contributed by atoms with E-state index in [0.29, 0.717) is 18.5 Å². The van der Waals surface area contributed by atoms with E-state index in [2.05, 4.69) is 10.6 Å². The van der Waals surface area contributed by atoms with Crippen molar-refractivity contribution in [3.8, 4) is 0 Å². The lowest BCUT2D eigenvalue weighted by molar-refractivity contribution is -0.134. The van der Waals surface area contributed by atoms with Gasteiger partial charge in [0, 0.05) is 5.69 Å². The van der Waals surface area contributed by atoms with Crippen molar-refractivity contribution in [1.29, 1.82) is 0 Å². The van der Waals surface area contributed by atoms with Crippen molar-refractivity contribution in [1.82, 2.24) is 10.2 Å². The first kappa shape index (κ1) is 20.9. The average Bonchev–Trinajstić information content (AvgIpc) is 3.06. The summed E-state index contributed by atoms with van der Waals surface area (Å²) in [6, 6.07) is 24.8. The van der Waals surface area contributed by atoms with Gasteiger partial charge in [0.05, 0.1) is 0 Å². The highest BCUT2D eigenvalue weighted by Gasteiger charge is 2.54. The zero-order valence-electron chi connectivity index (χ0n) is 18.2. The van der Waals surface area contributed by atoms with E-state index in [0.717, 1.165) is 40.0 Å². The lowest BCUT2D eigenvalue weighted by Gasteiger charge is -2.33. The summed E-state index contributed by atoms with van der Waals surface area (Å²) in [5, 5.41) is 5.79. The number of hydrogen-bond donors (Lipinski definition) is 2. The molecule has 1 heterocycles. The summed E-state index contributed by atoms with van der Waals surface area (Å²) in [6.07, 6.45) is 2.88. The summed E-state index contributed by atoms with van der Waals surface area (Å²) < 4.78 is 0. The molecule has 1 unspecified atom stereocenters. The van der Waals surface area contributed by atoms with E-state index < -0.39 is 17.5 Å². The molecule has 2 aliphatic rings. The van der Waals surface area contributed by atoms with E-state index in [9.17, 15) is 14.4 Å². The van der Waals surface area contributed by atoms with E-state index in [1.165, 1.54) is 0 Å². The number of carbonyl (C=O) groups excluding carboxylic acids is 3. The van der Waals surface area contributed by atoms with Crippen LogP contribution in [0.4, 0.5) is 10.5 Å². The van der Waals surface area contributed by atoms with Crippen LogP contribution in [0.5, 0.6) is 0 Å². The molecule has 1 saturated heterocycles. The maximum absolute atomic E-state index is 13.4.